The minimum absolute atomic E-state index is 0.0274. The van der Waals surface area contributed by atoms with Crippen LogP contribution in [0.15, 0.2) is 79.1 Å². The molecular weight excluding hydrogens is 412 g/mol. The van der Waals surface area contributed by atoms with E-state index in [1.54, 1.807) is 18.5 Å². The van der Waals surface area contributed by atoms with Crippen LogP contribution in [0.5, 0.6) is 0 Å². The van der Waals surface area contributed by atoms with E-state index < -0.39 is 0 Å². The topological polar surface area (TPSA) is 76.0 Å². The number of amides is 2. The van der Waals surface area contributed by atoms with Crippen LogP contribution in [0.25, 0.3) is 16.7 Å². The van der Waals surface area contributed by atoms with E-state index in [-0.39, 0.29) is 23.8 Å². The van der Waals surface area contributed by atoms with Crippen molar-refractivity contribution in [2.24, 2.45) is 0 Å². The molecule has 4 rings (SSSR count). The Bertz CT molecular complexity index is 1270. The number of para-hydroxylation sites is 2. The Morgan fingerprint density at radius 3 is 2.27 bits per heavy atom. The van der Waals surface area contributed by atoms with E-state index in [0.717, 1.165) is 27.8 Å². The molecule has 0 saturated heterocycles. The summed E-state index contributed by atoms with van der Waals surface area (Å²) < 4.78 is 2.03. The largest absolute Gasteiger partial charge is 0.350 e. The third-order valence-corrected chi connectivity index (χ3v) is 5.58. The van der Waals surface area contributed by atoms with Crippen LogP contribution in [0.3, 0.4) is 0 Å². The molecular formula is C27H28N4O2. The van der Waals surface area contributed by atoms with Gasteiger partial charge in [0.15, 0.2) is 0 Å². The fourth-order valence-electron chi connectivity index (χ4n) is 3.59. The van der Waals surface area contributed by atoms with Gasteiger partial charge in [-0.15, -0.1) is 0 Å². The van der Waals surface area contributed by atoms with Gasteiger partial charge in [-0.1, -0.05) is 57.2 Å². The van der Waals surface area contributed by atoms with E-state index in [1.807, 2.05) is 65.2 Å². The number of hydrogen-bond donors (Lipinski definition) is 2. The van der Waals surface area contributed by atoms with Crippen molar-refractivity contribution in [2.45, 2.75) is 32.7 Å². The van der Waals surface area contributed by atoms with Crippen LogP contribution in [0.1, 0.15) is 42.3 Å². The summed E-state index contributed by atoms with van der Waals surface area (Å²) in [6, 6.07) is 23.4. The highest BCUT2D eigenvalue weighted by Crippen LogP contribution is 2.22. The van der Waals surface area contributed by atoms with Crippen molar-refractivity contribution in [1.82, 2.24) is 20.2 Å². The maximum Gasteiger partial charge on any atom is 0.251 e. The van der Waals surface area contributed by atoms with Gasteiger partial charge in [-0.25, -0.2) is 4.98 Å². The molecule has 0 aliphatic rings. The highest BCUT2D eigenvalue weighted by Gasteiger charge is 2.14. The van der Waals surface area contributed by atoms with Crippen LogP contribution in [-0.2, 0) is 16.8 Å². The van der Waals surface area contributed by atoms with Gasteiger partial charge >= 0.3 is 0 Å². The maximum absolute atomic E-state index is 12.3. The lowest BCUT2D eigenvalue weighted by molar-refractivity contribution is -0.120. The van der Waals surface area contributed by atoms with Crippen molar-refractivity contribution in [2.75, 3.05) is 6.54 Å². The van der Waals surface area contributed by atoms with E-state index in [4.69, 9.17) is 0 Å². The molecule has 6 nitrogen and oxygen atoms in total. The molecule has 3 aromatic carbocycles. The van der Waals surface area contributed by atoms with Gasteiger partial charge in [0, 0.05) is 17.8 Å². The smallest absolute Gasteiger partial charge is 0.251 e. The Morgan fingerprint density at radius 2 is 1.58 bits per heavy atom. The monoisotopic (exact) mass is 440 g/mol. The highest BCUT2D eigenvalue weighted by atomic mass is 16.2. The molecule has 0 unspecified atom stereocenters. The first-order chi connectivity index (χ1) is 15.8. The second kappa shape index (κ2) is 9.28. The van der Waals surface area contributed by atoms with Crippen LogP contribution in [0.4, 0.5) is 0 Å². The summed E-state index contributed by atoms with van der Waals surface area (Å²) in [6.07, 6.45) is 1.81. The minimum Gasteiger partial charge on any atom is -0.350 e. The Hall–Kier alpha value is -3.93. The number of rotatable bonds is 6. The molecule has 0 spiro atoms. The number of fused-ring (bicyclic) bond motifs is 1. The molecule has 33 heavy (non-hydrogen) atoms. The van der Waals surface area contributed by atoms with Crippen molar-refractivity contribution in [3.05, 3.63) is 95.8 Å². The summed E-state index contributed by atoms with van der Waals surface area (Å²) in [5.74, 6) is -0.498. The van der Waals surface area contributed by atoms with Crippen molar-refractivity contribution in [1.29, 1.82) is 0 Å². The van der Waals surface area contributed by atoms with Gasteiger partial charge in [0.2, 0.25) is 5.91 Å². The van der Waals surface area contributed by atoms with E-state index in [0.29, 0.717) is 12.1 Å². The number of carbonyl (C=O) groups excluding carboxylic acids is 2. The predicted octanol–water partition coefficient (Wildman–Crippen LogP) is 4.37. The summed E-state index contributed by atoms with van der Waals surface area (Å²) in [6.45, 7) is 6.69. The summed E-state index contributed by atoms with van der Waals surface area (Å²) in [7, 11) is 0. The van der Waals surface area contributed by atoms with Crippen LogP contribution < -0.4 is 10.6 Å². The van der Waals surface area contributed by atoms with Crippen molar-refractivity contribution in [3.63, 3.8) is 0 Å². The third-order valence-electron chi connectivity index (χ3n) is 5.58. The van der Waals surface area contributed by atoms with E-state index in [1.165, 1.54) is 0 Å². The van der Waals surface area contributed by atoms with Crippen molar-refractivity contribution >= 4 is 22.8 Å². The first kappa shape index (κ1) is 22.3. The van der Waals surface area contributed by atoms with Gasteiger partial charge in [-0.3, -0.25) is 14.2 Å². The Kier molecular flexibility index (Phi) is 6.27. The molecule has 1 aromatic heterocycles. The van der Waals surface area contributed by atoms with Gasteiger partial charge in [0.25, 0.3) is 5.91 Å². The maximum atomic E-state index is 12.3. The number of nitrogens with one attached hydrogen (secondary N) is 2. The normalized spacial score (nSPS) is 11.4. The van der Waals surface area contributed by atoms with Gasteiger partial charge in [0.05, 0.1) is 17.6 Å². The summed E-state index contributed by atoms with van der Waals surface area (Å²) >= 11 is 0. The molecule has 0 aliphatic heterocycles. The third kappa shape index (κ3) is 5.29. The van der Waals surface area contributed by atoms with Crippen LogP contribution in [0.2, 0.25) is 0 Å². The number of nitrogens with zero attached hydrogens (tertiary/aromatic N) is 2. The quantitative estimate of drug-likeness (QED) is 0.467. The molecule has 0 atom stereocenters. The zero-order valence-corrected chi connectivity index (χ0v) is 19.1. The molecule has 4 aromatic rings. The molecule has 168 valence electrons. The first-order valence-electron chi connectivity index (χ1n) is 11.0. The van der Waals surface area contributed by atoms with Gasteiger partial charge in [-0.2, -0.15) is 0 Å². The molecule has 0 saturated carbocycles. The summed E-state index contributed by atoms with van der Waals surface area (Å²) in [4.78, 5) is 28.9. The molecule has 6 heteroatoms. The lowest BCUT2D eigenvalue weighted by Gasteiger charge is -2.19. The van der Waals surface area contributed by atoms with Crippen LogP contribution in [0, 0.1) is 0 Å². The standard InChI is InChI=1S/C27H28N4O2/c1-27(2,3)21-12-10-20(11-13-21)26(33)29-17-25(32)28-16-19-8-14-22(15-9-19)31-18-30-23-6-4-5-7-24(23)31/h4-15,18H,16-17H2,1-3H3,(H,28,32)(H,29,33). The Morgan fingerprint density at radius 1 is 0.879 bits per heavy atom. The Balaban J connectivity index is 1.28. The van der Waals surface area contributed by atoms with Gasteiger partial charge < -0.3 is 10.6 Å². The molecule has 0 aliphatic carbocycles. The SMILES string of the molecule is CC(C)(C)c1ccc(C(=O)NCC(=O)NCc2ccc(-n3cnc4ccccc43)cc2)cc1. The molecule has 2 N–H and O–H groups in total. The number of aromatic nitrogens is 2. The molecule has 0 radical (unpaired) electrons. The lowest BCUT2D eigenvalue weighted by atomic mass is 9.87. The first-order valence-corrected chi connectivity index (χ1v) is 11.0. The van der Waals surface area contributed by atoms with E-state index in [2.05, 4.69) is 36.4 Å². The molecule has 0 bridgehead atoms. The highest BCUT2D eigenvalue weighted by molar-refractivity contribution is 5.96. The second-order valence-corrected chi connectivity index (χ2v) is 9.06. The minimum atomic E-state index is -0.262. The second-order valence-electron chi connectivity index (χ2n) is 9.06. The zero-order chi connectivity index (χ0) is 23.4. The zero-order valence-electron chi connectivity index (χ0n) is 19.1. The Labute approximate surface area is 193 Å². The average Bonchev–Trinajstić information content (AvgIpc) is 3.25. The van der Waals surface area contributed by atoms with Crippen molar-refractivity contribution < 1.29 is 9.59 Å². The number of carbonyl (C=O) groups is 2. The lowest BCUT2D eigenvalue weighted by Crippen LogP contribution is -2.36. The summed E-state index contributed by atoms with van der Waals surface area (Å²) in [5.41, 5.74) is 5.69. The van der Waals surface area contributed by atoms with Crippen LogP contribution >= 0.6 is 0 Å². The average molecular weight is 441 g/mol. The summed E-state index contributed by atoms with van der Waals surface area (Å²) in [5, 5.41) is 5.52. The predicted molar refractivity (Wildman–Crippen MR) is 130 cm³/mol. The number of imidazole rings is 1. The molecule has 1 heterocycles. The van der Waals surface area contributed by atoms with Crippen LogP contribution in [-0.4, -0.2) is 27.9 Å². The van der Waals surface area contributed by atoms with Gasteiger partial charge in [-0.05, 0) is 52.9 Å². The molecule has 2 amide bonds. The fraction of sp³-hybridized carbons (Fsp3) is 0.222. The van der Waals surface area contributed by atoms with E-state index in [9.17, 15) is 9.59 Å². The fourth-order valence-corrected chi connectivity index (χ4v) is 3.59. The molecule has 0 fully saturated rings. The van der Waals surface area contributed by atoms with E-state index >= 15 is 0 Å². The number of benzene rings is 3. The van der Waals surface area contributed by atoms with Gasteiger partial charge in [0.1, 0.15) is 6.33 Å². The van der Waals surface area contributed by atoms with Crippen molar-refractivity contribution in [3.8, 4) is 5.69 Å². The number of hydrogen-bond acceptors (Lipinski definition) is 3.